The third-order valence-corrected chi connectivity index (χ3v) is 6.70. The molecule has 0 radical (unpaired) electrons. The summed E-state index contributed by atoms with van der Waals surface area (Å²) in [5.74, 6) is -0.398. The van der Waals surface area contributed by atoms with Crippen LogP contribution in [0.5, 0.6) is 0 Å². The summed E-state index contributed by atoms with van der Waals surface area (Å²) in [5.41, 5.74) is 1.84. The molecule has 0 bridgehead atoms. The van der Waals surface area contributed by atoms with E-state index in [1.807, 2.05) is 12.1 Å². The van der Waals surface area contributed by atoms with Crippen LogP contribution in [0.4, 0.5) is 5.69 Å². The molecule has 7 nitrogen and oxygen atoms in total. The Kier molecular flexibility index (Phi) is 9.02. The Morgan fingerprint density at radius 2 is 2.03 bits per heavy atom. The zero-order valence-electron chi connectivity index (χ0n) is 19.3. The number of piperidine rings is 1. The molecule has 0 aliphatic carbocycles. The molecule has 0 atom stereocenters. The fourth-order valence-electron chi connectivity index (χ4n) is 3.65. The maximum Gasteiger partial charge on any atom is 0.266 e. The molecule has 1 aromatic heterocycles. The maximum absolute atomic E-state index is 13.4. The van der Waals surface area contributed by atoms with E-state index in [-0.39, 0.29) is 11.8 Å². The molecule has 3 rings (SSSR count). The van der Waals surface area contributed by atoms with Crippen LogP contribution in [0.25, 0.3) is 0 Å². The SMILES string of the molecule is CCCCNC(=O)c1cc(/N=C/N2CCCCC2)c(C(=O)N(C)Cc2ccccc2C#N)s1. The molecule has 1 fully saturated rings. The van der Waals surface area contributed by atoms with Crippen LogP contribution in [-0.4, -0.2) is 54.6 Å². The van der Waals surface area contributed by atoms with Gasteiger partial charge in [-0.1, -0.05) is 31.5 Å². The molecule has 1 saturated heterocycles. The summed E-state index contributed by atoms with van der Waals surface area (Å²) in [6.45, 7) is 4.88. The van der Waals surface area contributed by atoms with Crippen LogP contribution in [0.15, 0.2) is 35.3 Å². The van der Waals surface area contributed by atoms with Gasteiger partial charge in [0.05, 0.1) is 28.5 Å². The molecular weight excluding hydrogens is 434 g/mol. The summed E-state index contributed by atoms with van der Waals surface area (Å²) in [6.07, 6.45) is 7.19. The molecule has 1 aromatic carbocycles. The van der Waals surface area contributed by atoms with Crippen molar-refractivity contribution in [3.63, 3.8) is 0 Å². The molecule has 1 aliphatic heterocycles. The molecule has 2 amide bonds. The Morgan fingerprint density at radius 3 is 2.76 bits per heavy atom. The molecule has 0 spiro atoms. The number of benzene rings is 1. The van der Waals surface area contributed by atoms with Gasteiger partial charge in [-0.15, -0.1) is 11.3 Å². The first-order valence-electron chi connectivity index (χ1n) is 11.5. The van der Waals surface area contributed by atoms with Gasteiger partial charge in [0.1, 0.15) is 4.88 Å². The fraction of sp³-hybridized carbons (Fsp3) is 0.440. The molecule has 0 unspecified atom stereocenters. The number of nitrogens with zero attached hydrogens (tertiary/aromatic N) is 4. The average molecular weight is 466 g/mol. The van der Waals surface area contributed by atoms with E-state index in [0.29, 0.717) is 34.1 Å². The molecular formula is C25H31N5O2S. The van der Waals surface area contributed by atoms with Crippen molar-refractivity contribution in [1.29, 1.82) is 5.26 Å². The van der Waals surface area contributed by atoms with Gasteiger partial charge in [0.2, 0.25) is 0 Å². The molecule has 0 saturated carbocycles. The summed E-state index contributed by atoms with van der Waals surface area (Å²) < 4.78 is 0. The van der Waals surface area contributed by atoms with Crippen molar-refractivity contribution in [2.24, 2.45) is 4.99 Å². The van der Waals surface area contributed by atoms with Gasteiger partial charge in [-0.25, -0.2) is 4.99 Å². The van der Waals surface area contributed by atoms with Gasteiger partial charge in [-0.3, -0.25) is 9.59 Å². The van der Waals surface area contributed by atoms with Gasteiger partial charge in [0.25, 0.3) is 11.8 Å². The van der Waals surface area contributed by atoms with Crippen LogP contribution in [0, 0.1) is 11.3 Å². The van der Waals surface area contributed by atoms with Gasteiger partial charge in [-0.2, -0.15) is 5.26 Å². The van der Waals surface area contributed by atoms with Gasteiger partial charge in [-0.05, 0) is 43.4 Å². The fourth-order valence-corrected chi connectivity index (χ4v) is 4.67. The van der Waals surface area contributed by atoms with Crippen LogP contribution < -0.4 is 5.32 Å². The van der Waals surface area contributed by atoms with Crippen LogP contribution >= 0.6 is 11.3 Å². The lowest BCUT2D eigenvalue weighted by molar-refractivity contribution is 0.0790. The number of thiophene rings is 1. The summed E-state index contributed by atoms with van der Waals surface area (Å²) in [6, 6.07) is 11.1. The van der Waals surface area contributed by atoms with Crippen molar-refractivity contribution in [2.45, 2.75) is 45.6 Å². The van der Waals surface area contributed by atoms with Crippen LogP contribution in [0.2, 0.25) is 0 Å². The Bertz CT molecular complexity index is 1030. The average Bonchev–Trinajstić information content (AvgIpc) is 3.27. The first-order chi connectivity index (χ1) is 16.0. The number of nitriles is 1. The largest absolute Gasteiger partial charge is 0.363 e. The minimum absolute atomic E-state index is 0.181. The van der Waals surface area contributed by atoms with Gasteiger partial charge >= 0.3 is 0 Å². The van der Waals surface area contributed by atoms with Gasteiger partial charge in [0.15, 0.2) is 0 Å². The molecule has 2 heterocycles. The third-order valence-electron chi connectivity index (χ3n) is 5.59. The summed E-state index contributed by atoms with van der Waals surface area (Å²) >= 11 is 1.17. The molecule has 174 valence electrons. The third kappa shape index (κ3) is 6.65. The Morgan fingerprint density at radius 1 is 1.27 bits per heavy atom. The quantitative estimate of drug-likeness (QED) is 0.334. The van der Waals surface area contributed by atoms with Gasteiger partial charge < -0.3 is 15.1 Å². The first kappa shape index (κ1) is 24.5. The zero-order valence-corrected chi connectivity index (χ0v) is 20.2. The van der Waals surface area contributed by atoms with Crippen LogP contribution in [0.1, 0.15) is 69.5 Å². The second-order valence-electron chi connectivity index (χ2n) is 8.21. The number of carbonyl (C=O) groups is 2. The van der Waals surface area contributed by atoms with E-state index in [9.17, 15) is 14.9 Å². The van der Waals surface area contributed by atoms with Crippen molar-refractivity contribution in [2.75, 3.05) is 26.7 Å². The van der Waals surface area contributed by atoms with E-state index in [1.165, 1.54) is 17.8 Å². The number of unbranched alkanes of at least 4 members (excludes halogenated alkanes) is 1. The van der Waals surface area contributed by atoms with Crippen molar-refractivity contribution in [3.05, 3.63) is 51.2 Å². The number of carbonyl (C=O) groups excluding carboxylic acids is 2. The topological polar surface area (TPSA) is 88.8 Å². The molecule has 1 aliphatic rings. The highest BCUT2D eigenvalue weighted by molar-refractivity contribution is 7.16. The standard InChI is InChI=1S/C25H31N5O2S/c1-3-4-12-27-24(31)22-15-21(28-18-30-13-8-5-9-14-30)23(33-22)25(32)29(2)17-20-11-7-6-10-19(20)16-26/h6-7,10-11,15,18H,3-5,8-9,12-14,17H2,1-2H3,(H,27,31)/b28-18+. The molecule has 1 N–H and O–H groups in total. The summed E-state index contributed by atoms with van der Waals surface area (Å²) in [5, 5.41) is 12.3. The minimum Gasteiger partial charge on any atom is -0.363 e. The zero-order chi connectivity index (χ0) is 23.6. The number of nitrogens with one attached hydrogen (secondary N) is 1. The highest BCUT2D eigenvalue weighted by atomic mass is 32.1. The maximum atomic E-state index is 13.4. The van der Waals surface area contributed by atoms with E-state index in [4.69, 9.17) is 0 Å². The second kappa shape index (κ2) is 12.2. The van der Waals surface area contributed by atoms with Crippen molar-refractivity contribution >= 4 is 35.2 Å². The lowest BCUT2D eigenvalue weighted by atomic mass is 10.1. The monoisotopic (exact) mass is 465 g/mol. The Labute approximate surface area is 199 Å². The number of hydrogen-bond acceptors (Lipinski definition) is 5. The van der Waals surface area contributed by atoms with E-state index >= 15 is 0 Å². The Balaban J connectivity index is 1.83. The van der Waals surface area contributed by atoms with Crippen molar-refractivity contribution in [1.82, 2.24) is 15.1 Å². The van der Waals surface area contributed by atoms with Crippen LogP contribution in [-0.2, 0) is 6.54 Å². The predicted molar refractivity (Wildman–Crippen MR) is 132 cm³/mol. The van der Waals surface area contributed by atoms with Gasteiger partial charge in [0, 0.05) is 33.2 Å². The highest BCUT2D eigenvalue weighted by Crippen LogP contribution is 2.31. The number of rotatable bonds is 9. The lowest BCUT2D eigenvalue weighted by Gasteiger charge is -2.23. The van der Waals surface area contributed by atoms with E-state index in [2.05, 4.69) is 28.2 Å². The molecule has 33 heavy (non-hydrogen) atoms. The number of likely N-dealkylation sites (tertiary alicyclic amines) is 1. The Hall–Kier alpha value is -3.18. The molecule has 2 aromatic rings. The molecule has 8 heteroatoms. The van der Waals surface area contributed by atoms with E-state index in [0.717, 1.165) is 44.3 Å². The number of hydrogen-bond donors (Lipinski definition) is 1. The number of aliphatic imine (C=N–C) groups is 1. The highest BCUT2D eigenvalue weighted by Gasteiger charge is 2.23. The minimum atomic E-state index is -0.217. The first-order valence-corrected chi connectivity index (χ1v) is 12.3. The second-order valence-corrected chi connectivity index (χ2v) is 9.26. The summed E-state index contributed by atoms with van der Waals surface area (Å²) in [7, 11) is 1.70. The van der Waals surface area contributed by atoms with Crippen molar-refractivity contribution in [3.8, 4) is 6.07 Å². The normalized spacial score (nSPS) is 13.7. The lowest BCUT2D eigenvalue weighted by Crippen LogP contribution is -2.28. The van der Waals surface area contributed by atoms with E-state index in [1.54, 1.807) is 36.5 Å². The van der Waals surface area contributed by atoms with E-state index < -0.39 is 0 Å². The smallest absolute Gasteiger partial charge is 0.266 e. The summed E-state index contributed by atoms with van der Waals surface area (Å²) in [4.78, 5) is 35.2. The van der Waals surface area contributed by atoms with Crippen molar-refractivity contribution < 1.29 is 9.59 Å². The predicted octanol–water partition coefficient (Wildman–Crippen LogP) is 4.57. The number of amides is 2. The van der Waals surface area contributed by atoms with Crippen LogP contribution in [0.3, 0.4) is 0 Å².